The summed E-state index contributed by atoms with van der Waals surface area (Å²) in [5.74, 6) is -0.452. The fourth-order valence-corrected chi connectivity index (χ4v) is 5.71. The zero-order chi connectivity index (χ0) is 20.3. The Morgan fingerprint density at radius 1 is 1.18 bits per heavy atom. The molecule has 2 heterocycles. The van der Waals surface area contributed by atoms with Gasteiger partial charge in [0.15, 0.2) is 0 Å². The van der Waals surface area contributed by atoms with E-state index in [1.54, 1.807) is 22.4 Å². The molecule has 9 heteroatoms. The van der Waals surface area contributed by atoms with Crippen LogP contribution in [0.2, 0.25) is 0 Å². The summed E-state index contributed by atoms with van der Waals surface area (Å²) in [5, 5.41) is 1.61. The number of piperidine rings is 1. The maximum absolute atomic E-state index is 12.9. The van der Waals surface area contributed by atoms with E-state index in [1.807, 2.05) is 19.1 Å². The molecule has 2 aromatic rings. The van der Waals surface area contributed by atoms with Crippen molar-refractivity contribution in [2.24, 2.45) is 11.7 Å². The number of carbonyl (C=O) groups is 2. The van der Waals surface area contributed by atoms with Crippen molar-refractivity contribution in [1.82, 2.24) is 4.90 Å². The van der Waals surface area contributed by atoms with Gasteiger partial charge in [0, 0.05) is 25.2 Å². The molecule has 0 spiro atoms. The van der Waals surface area contributed by atoms with E-state index in [9.17, 15) is 18.0 Å². The van der Waals surface area contributed by atoms with E-state index in [0.29, 0.717) is 38.0 Å². The maximum Gasteiger partial charge on any atom is 0.265 e. The van der Waals surface area contributed by atoms with E-state index >= 15 is 0 Å². The number of carbonyl (C=O) groups excluding carboxylic acids is 2. The molecule has 150 valence electrons. The second-order valence-corrected chi connectivity index (χ2v) is 9.56. The summed E-state index contributed by atoms with van der Waals surface area (Å²) < 4.78 is 28.1. The topological polar surface area (TPSA) is 110 Å². The number of hydrogen-bond acceptors (Lipinski definition) is 5. The lowest BCUT2D eigenvalue weighted by Crippen LogP contribution is -2.39. The third kappa shape index (κ3) is 4.71. The van der Waals surface area contributed by atoms with Gasteiger partial charge >= 0.3 is 0 Å². The molecule has 1 aliphatic heterocycles. The summed E-state index contributed by atoms with van der Waals surface area (Å²) in [7, 11) is -3.87. The minimum absolute atomic E-state index is 0.0117. The molecular formula is C19H23N3O4S2. The number of amides is 2. The van der Waals surface area contributed by atoms with Gasteiger partial charge < -0.3 is 10.6 Å². The molecule has 0 radical (unpaired) electrons. The van der Waals surface area contributed by atoms with Crippen LogP contribution in [0.15, 0.2) is 40.6 Å². The number of aryl methyl sites for hydroxylation is 1. The van der Waals surface area contributed by atoms with Crippen LogP contribution < -0.4 is 10.5 Å². The summed E-state index contributed by atoms with van der Waals surface area (Å²) in [6.07, 6.45) is 1.69. The summed E-state index contributed by atoms with van der Waals surface area (Å²) in [6, 6.07) is 8.45. The molecule has 28 heavy (non-hydrogen) atoms. The van der Waals surface area contributed by atoms with Crippen molar-refractivity contribution >= 4 is 38.9 Å². The van der Waals surface area contributed by atoms with Crippen molar-refractivity contribution in [3.05, 3.63) is 46.2 Å². The first kappa shape index (κ1) is 20.3. The Bertz CT molecular complexity index is 959. The normalized spacial score (nSPS) is 15.4. The fourth-order valence-electron chi connectivity index (χ4n) is 3.27. The number of nitrogens with one attached hydrogen (secondary N) is 1. The van der Waals surface area contributed by atoms with E-state index in [1.165, 1.54) is 6.07 Å². The van der Waals surface area contributed by atoms with Crippen LogP contribution in [-0.4, -0.2) is 38.2 Å². The summed E-state index contributed by atoms with van der Waals surface area (Å²) in [5.41, 5.74) is 6.71. The maximum atomic E-state index is 12.9. The minimum atomic E-state index is -3.87. The molecule has 0 atom stereocenters. The van der Waals surface area contributed by atoms with Gasteiger partial charge in [-0.25, -0.2) is 8.42 Å². The molecule has 3 rings (SSSR count). The highest BCUT2D eigenvalue weighted by atomic mass is 32.2. The minimum Gasteiger partial charge on any atom is -0.370 e. The number of thiophene rings is 1. The lowest BCUT2D eigenvalue weighted by molar-refractivity contribution is -0.119. The zero-order valence-electron chi connectivity index (χ0n) is 15.6. The van der Waals surface area contributed by atoms with Crippen LogP contribution in [0.1, 0.15) is 34.5 Å². The number of rotatable bonds is 6. The molecular weight excluding hydrogens is 398 g/mol. The number of benzene rings is 1. The van der Waals surface area contributed by atoms with Crippen molar-refractivity contribution in [3.8, 4) is 0 Å². The molecule has 1 aromatic heterocycles. The monoisotopic (exact) mass is 421 g/mol. The highest BCUT2D eigenvalue weighted by Crippen LogP contribution is 2.28. The molecule has 7 nitrogen and oxygen atoms in total. The predicted molar refractivity (Wildman–Crippen MR) is 109 cm³/mol. The Kier molecular flexibility index (Phi) is 6.04. The molecule has 3 N–H and O–H groups in total. The first-order valence-electron chi connectivity index (χ1n) is 9.01. The fraction of sp³-hybridized carbons (Fsp3) is 0.368. The first-order chi connectivity index (χ1) is 13.3. The molecule has 0 bridgehead atoms. The standard InChI is InChI=1S/C19H23N3O4S2/c1-13-2-4-15(5-3-13)21-28(25,26)16-8-11-27-18(16)19(24)22-9-6-14(7-10-22)12-17(20)23/h2-5,8,11,14,21H,6-7,9-10,12H2,1H3,(H2,20,23). The lowest BCUT2D eigenvalue weighted by atomic mass is 9.93. The van der Waals surface area contributed by atoms with Gasteiger partial charge in [-0.3, -0.25) is 14.3 Å². The molecule has 0 saturated carbocycles. The second-order valence-electron chi connectivity index (χ2n) is 6.99. The van der Waals surface area contributed by atoms with Gasteiger partial charge in [0.1, 0.15) is 9.77 Å². The van der Waals surface area contributed by atoms with Crippen molar-refractivity contribution in [3.63, 3.8) is 0 Å². The quantitative estimate of drug-likeness (QED) is 0.747. The molecule has 0 unspecified atom stereocenters. The molecule has 1 aliphatic rings. The Labute approximate surface area is 168 Å². The number of sulfonamides is 1. The highest BCUT2D eigenvalue weighted by Gasteiger charge is 2.30. The Balaban J connectivity index is 1.73. The molecule has 1 fully saturated rings. The second kappa shape index (κ2) is 8.32. The third-order valence-corrected chi connectivity index (χ3v) is 7.26. The SMILES string of the molecule is Cc1ccc(NS(=O)(=O)c2ccsc2C(=O)N2CCC(CC(N)=O)CC2)cc1. The number of anilines is 1. The van der Waals surface area contributed by atoms with Crippen LogP contribution in [0.25, 0.3) is 0 Å². The van der Waals surface area contributed by atoms with Crippen LogP contribution >= 0.6 is 11.3 Å². The Morgan fingerprint density at radius 2 is 1.82 bits per heavy atom. The predicted octanol–water partition coefficient (Wildman–Crippen LogP) is 2.58. The van der Waals surface area contributed by atoms with Crippen LogP contribution in [-0.2, 0) is 14.8 Å². The first-order valence-corrected chi connectivity index (χ1v) is 11.4. The lowest BCUT2D eigenvalue weighted by Gasteiger charge is -2.31. The van der Waals surface area contributed by atoms with Crippen molar-refractivity contribution in [1.29, 1.82) is 0 Å². The van der Waals surface area contributed by atoms with Crippen molar-refractivity contribution < 1.29 is 18.0 Å². The van der Waals surface area contributed by atoms with Gasteiger partial charge in [0.05, 0.1) is 0 Å². The Hall–Kier alpha value is -2.39. The van der Waals surface area contributed by atoms with Crippen LogP contribution in [0.3, 0.4) is 0 Å². The van der Waals surface area contributed by atoms with Crippen LogP contribution in [0.4, 0.5) is 5.69 Å². The van der Waals surface area contributed by atoms with E-state index in [-0.39, 0.29) is 27.5 Å². The van der Waals surface area contributed by atoms with Crippen LogP contribution in [0.5, 0.6) is 0 Å². The molecule has 1 aromatic carbocycles. The molecule has 0 aliphatic carbocycles. The van der Waals surface area contributed by atoms with Crippen molar-refractivity contribution in [2.75, 3.05) is 17.8 Å². The smallest absolute Gasteiger partial charge is 0.265 e. The van der Waals surface area contributed by atoms with E-state index < -0.39 is 10.0 Å². The number of hydrogen-bond donors (Lipinski definition) is 2. The van der Waals surface area contributed by atoms with E-state index in [2.05, 4.69) is 4.72 Å². The number of nitrogens with two attached hydrogens (primary N) is 1. The van der Waals surface area contributed by atoms with Crippen molar-refractivity contribution in [2.45, 2.75) is 31.1 Å². The number of likely N-dealkylation sites (tertiary alicyclic amines) is 1. The van der Waals surface area contributed by atoms with Gasteiger partial charge in [0.2, 0.25) is 5.91 Å². The van der Waals surface area contributed by atoms with E-state index in [4.69, 9.17) is 5.73 Å². The average molecular weight is 422 g/mol. The largest absolute Gasteiger partial charge is 0.370 e. The van der Waals surface area contributed by atoms with Gasteiger partial charge in [-0.15, -0.1) is 11.3 Å². The molecule has 1 saturated heterocycles. The summed E-state index contributed by atoms with van der Waals surface area (Å²) in [4.78, 5) is 25.8. The van der Waals surface area contributed by atoms with Gasteiger partial charge in [-0.1, -0.05) is 17.7 Å². The third-order valence-electron chi connectivity index (χ3n) is 4.81. The van der Waals surface area contributed by atoms with Gasteiger partial charge in [-0.05, 0) is 49.3 Å². The Morgan fingerprint density at radius 3 is 2.43 bits per heavy atom. The zero-order valence-corrected chi connectivity index (χ0v) is 17.2. The summed E-state index contributed by atoms with van der Waals surface area (Å²) >= 11 is 1.12. The number of nitrogens with zero attached hydrogens (tertiary/aromatic N) is 1. The van der Waals surface area contributed by atoms with E-state index in [0.717, 1.165) is 16.9 Å². The summed E-state index contributed by atoms with van der Waals surface area (Å²) in [6.45, 7) is 2.89. The van der Waals surface area contributed by atoms with Crippen LogP contribution in [0, 0.1) is 12.8 Å². The highest BCUT2D eigenvalue weighted by molar-refractivity contribution is 7.93. The number of primary amides is 1. The molecule has 2 amide bonds. The van der Waals surface area contributed by atoms with Gasteiger partial charge in [0.25, 0.3) is 15.9 Å². The van der Waals surface area contributed by atoms with Gasteiger partial charge in [-0.2, -0.15) is 0 Å². The average Bonchev–Trinajstić information content (AvgIpc) is 3.14.